The third-order valence-electron chi connectivity index (χ3n) is 2.62. The molecule has 0 saturated heterocycles. The van der Waals surface area contributed by atoms with Gasteiger partial charge < -0.3 is 14.8 Å². The second kappa shape index (κ2) is 6.01. The van der Waals surface area contributed by atoms with Crippen LogP contribution in [0.1, 0.15) is 19.6 Å². The van der Waals surface area contributed by atoms with Crippen LogP contribution in [0.2, 0.25) is 0 Å². The van der Waals surface area contributed by atoms with Gasteiger partial charge in [-0.2, -0.15) is 0 Å². The molecule has 0 bridgehead atoms. The van der Waals surface area contributed by atoms with Gasteiger partial charge in [-0.1, -0.05) is 0 Å². The molecule has 102 valence electrons. The van der Waals surface area contributed by atoms with Crippen LogP contribution in [-0.4, -0.2) is 36.5 Å². The van der Waals surface area contributed by atoms with E-state index < -0.39 is 32.9 Å². The van der Waals surface area contributed by atoms with Crippen LogP contribution < -0.4 is 5.32 Å². The minimum Gasteiger partial charge on any atom is -0.467 e. The van der Waals surface area contributed by atoms with Crippen LogP contribution >= 0.6 is 0 Å². The lowest BCUT2D eigenvalue weighted by Gasteiger charge is -2.15. The highest BCUT2D eigenvalue weighted by Gasteiger charge is 2.27. The summed E-state index contributed by atoms with van der Waals surface area (Å²) in [7, 11) is -3.64. The Bertz CT molecular complexity index is 478. The van der Waals surface area contributed by atoms with Gasteiger partial charge in [-0.15, -0.1) is 0 Å². The predicted octanol–water partition coefficient (Wildman–Crippen LogP) is 0.0799. The maximum absolute atomic E-state index is 11.7. The minimum atomic E-state index is -3.64. The second-order valence-corrected chi connectivity index (χ2v) is 6.47. The molecule has 6 nitrogen and oxygen atoms in total. The minimum absolute atomic E-state index is 0.143. The van der Waals surface area contributed by atoms with Crippen molar-refractivity contribution in [3.63, 3.8) is 0 Å². The number of amides is 1. The molecule has 1 aromatic heterocycles. The van der Waals surface area contributed by atoms with Crippen LogP contribution in [0.5, 0.6) is 0 Å². The van der Waals surface area contributed by atoms with Gasteiger partial charge in [0.25, 0.3) is 0 Å². The maximum atomic E-state index is 11.7. The summed E-state index contributed by atoms with van der Waals surface area (Å²) < 4.78 is 28.4. The summed E-state index contributed by atoms with van der Waals surface area (Å²) in [6, 6.07) is 3.35. The first-order valence-corrected chi connectivity index (χ1v) is 7.23. The molecule has 0 aliphatic carbocycles. The van der Waals surface area contributed by atoms with E-state index in [0.717, 1.165) is 0 Å². The highest BCUT2D eigenvalue weighted by molar-refractivity contribution is 7.92. The SMILES string of the molecule is CC(O)C(C)S(=O)(=O)CC(=O)NCc1ccco1. The van der Waals surface area contributed by atoms with Crippen molar-refractivity contribution in [2.45, 2.75) is 31.7 Å². The molecule has 2 N–H and O–H groups in total. The summed E-state index contributed by atoms with van der Waals surface area (Å²) in [6.45, 7) is 2.90. The number of carbonyl (C=O) groups is 1. The number of aliphatic hydroxyl groups is 1. The number of sulfone groups is 1. The Balaban J connectivity index is 2.49. The monoisotopic (exact) mass is 275 g/mol. The van der Waals surface area contributed by atoms with Crippen LogP contribution in [0.25, 0.3) is 0 Å². The van der Waals surface area contributed by atoms with Gasteiger partial charge >= 0.3 is 0 Å². The molecule has 0 radical (unpaired) electrons. The zero-order chi connectivity index (χ0) is 13.8. The van der Waals surface area contributed by atoms with Crippen molar-refractivity contribution in [2.24, 2.45) is 0 Å². The van der Waals surface area contributed by atoms with E-state index in [1.807, 2.05) is 0 Å². The van der Waals surface area contributed by atoms with Crippen molar-refractivity contribution >= 4 is 15.7 Å². The number of carbonyl (C=O) groups excluding carboxylic acids is 1. The maximum Gasteiger partial charge on any atom is 0.235 e. The molecular weight excluding hydrogens is 258 g/mol. The molecule has 2 unspecified atom stereocenters. The number of hydrogen-bond acceptors (Lipinski definition) is 5. The highest BCUT2D eigenvalue weighted by Crippen LogP contribution is 2.07. The summed E-state index contributed by atoms with van der Waals surface area (Å²) >= 11 is 0. The van der Waals surface area contributed by atoms with Gasteiger partial charge in [0.2, 0.25) is 5.91 Å². The largest absolute Gasteiger partial charge is 0.467 e. The molecule has 0 saturated carbocycles. The van der Waals surface area contributed by atoms with E-state index in [1.54, 1.807) is 12.1 Å². The van der Waals surface area contributed by atoms with Gasteiger partial charge in [-0.3, -0.25) is 4.79 Å². The molecule has 0 aliphatic rings. The Kier molecular flexibility index (Phi) is 4.92. The van der Waals surface area contributed by atoms with Crippen LogP contribution in [0, 0.1) is 0 Å². The van der Waals surface area contributed by atoms with Gasteiger partial charge in [0.15, 0.2) is 9.84 Å². The van der Waals surface area contributed by atoms with Gasteiger partial charge in [-0.25, -0.2) is 8.42 Å². The number of furan rings is 1. The topological polar surface area (TPSA) is 96.6 Å². The quantitative estimate of drug-likeness (QED) is 0.766. The first kappa shape index (κ1) is 14.7. The van der Waals surface area contributed by atoms with Crippen molar-refractivity contribution in [1.29, 1.82) is 0 Å². The van der Waals surface area contributed by atoms with Gasteiger partial charge in [0.1, 0.15) is 11.5 Å². The van der Waals surface area contributed by atoms with E-state index in [-0.39, 0.29) is 6.54 Å². The molecule has 2 atom stereocenters. The smallest absolute Gasteiger partial charge is 0.235 e. The average Bonchev–Trinajstić information content (AvgIpc) is 2.77. The fourth-order valence-corrected chi connectivity index (χ4v) is 2.59. The lowest BCUT2D eigenvalue weighted by Crippen LogP contribution is -2.37. The zero-order valence-corrected chi connectivity index (χ0v) is 11.1. The van der Waals surface area contributed by atoms with E-state index in [4.69, 9.17) is 4.42 Å². The number of rotatable bonds is 6. The summed E-state index contributed by atoms with van der Waals surface area (Å²) in [5, 5.41) is 10.7. The van der Waals surface area contributed by atoms with E-state index in [2.05, 4.69) is 5.32 Å². The third kappa shape index (κ3) is 4.15. The lowest BCUT2D eigenvalue weighted by molar-refractivity contribution is -0.118. The fourth-order valence-electron chi connectivity index (χ4n) is 1.26. The second-order valence-electron chi connectivity index (χ2n) is 4.11. The number of nitrogens with one attached hydrogen (secondary N) is 1. The summed E-state index contributed by atoms with van der Waals surface area (Å²) in [5.41, 5.74) is 0. The summed E-state index contributed by atoms with van der Waals surface area (Å²) in [6.07, 6.45) is 0.459. The Morgan fingerprint density at radius 1 is 1.50 bits per heavy atom. The molecular formula is C11H17NO5S. The van der Waals surface area contributed by atoms with E-state index in [1.165, 1.54) is 20.1 Å². The number of hydrogen-bond donors (Lipinski definition) is 2. The molecule has 0 aliphatic heterocycles. The first-order chi connectivity index (χ1) is 8.33. The number of aliphatic hydroxyl groups excluding tert-OH is 1. The van der Waals surface area contributed by atoms with E-state index in [9.17, 15) is 18.3 Å². The van der Waals surface area contributed by atoms with Gasteiger partial charge in [0.05, 0.1) is 24.2 Å². The van der Waals surface area contributed by atoms with Gasteiger partial charge in [0, 0.05) is 0 Å². The molecule has 1 amide bonds. The molecule has 0 aromatic carbocycles. The molecule has 1 aromatic rings. The Morgan fingerprint density at radius 3 is 2.67 bits per heavy atom. The van der Waals surface area contributed by atoms with Crippen molar-refractivity contribution < 1.29 is 22.7 Å². The summed E-state index contributed by atoms with van der Waals surface area (Å²) in [4.78, 5) is 11.5. The van der Waals surface area contributed by atoms with Crippen molar-refractivity contribution in [1.82, 2.24) is 5.32 Å². The summed E-state index contributed by atoms with van der Waals surface area (Å²) in [5.74, 6) is -0.706. The van der Waals surface area contributed by atoms with Crippen molar-refractivity contribution in [2.75, 3.05) is 5.75 Å². The Hall–Kier alpha value is -1.34. The van der Waals surface area contributed by atoms with Crippen LogP contribution in [0.4, 0.5) is 0 Å². The molecule has 7 heteroatoms. The molecule has 1 rings (SSSR count). The molecule has 0 spiro atoms. The molecule has 18 heavy (non-hydrogen) atoms. The fraction of sp³-hybridized carbons (Fsp3) is 0.545. The van der Waals surface area contributed by atoms with E-state index >= 15 is 0 Å². The van der Waals surface area contributed by atoms with E-state index in [0.29, 0.717) is 5.76 Å². The van der Waals surface area contributed by atoms with Crippen LogP contribution in [0.3, 0.4) is 0 Å². The molecule has 0 fully saturated rings. The van der Waals surface area contributed by atoms with Crippen molar-refractivity contribution in [3.05, 3.63) is 24.2 Å². The third-order valence-corrected chi connectivity index (χ3v) is 4.81. The standard InChI is InChI=1S/C11H17NO5S/c1-8(13)9(2)18(15,16)7-11(14)12-6-10-4-3-5-17-10/h3-5,8-9,13H,6-7H2,1-2H3,(H,12,14). The van der Waals surface area contributed by atoms with Crippen molar-refractivity contribution in [3.8, 4) is 0 Å². The van der Waals surface area contributed by atoms with Crippen LogP contribution in [0.15, 0.2) is 22.8 Å². The first-order valence-electron chi connectivity index (χ1n) is 5.51. The Morgan fingerprint density at radius 2 is 2.17 bits per heavy atom. The Labute approximate surface area is 106 Å². The van der Waals surface area contributed by atoms with Crippen LogP contribution in [-0.2, 0) is 21.2 Å². The highest BCUT2D eigenvalue weighted by atomic mass is 32.2. The lowest BCUT2D eigenvalue weighted by atomic mass is 10.3. The zero-order valence-electron chi connectivity index (χ0n) is 10.3. The predicted molar refractivity (Wildman–Crippen MR) is 65.5 cm³/mol. The van der Waals surface area contributed by atoms with Gasteiger partial charge in [-0.05, 0) is 26.0 Å². The normalized spacial score (nSPS) is 15.1. The average molecular weight is 275 g/mol. The molecule has 1 heterocycles.